The molecule has 0 bridgehead atoms. The third-order valence-corrected chi connectivity index (χ3v) is 4.45. The van der Waals surface area contributed by atoms with Crippen LogP contribution in [0.15, 0.2) is 0 Å². The number of nitrogens with one attached hydrogen (secondary N) is 1. The Balaban J connectivity index is 1.99. The first-order valence-electron chi connectivity index (χ1n) is 7.28. The van der Waals surface area contributed by atoms with Crippen LogP contribution in [0.5, 0.6) is 0 Å². The van der Waals surface area contributed by atoms with Crippen LogP contribution in [-0.2, 0) is 4.79 Å². The highest BCUT2D eigenvalue weighted by Crippen LogP contribution is 2.30. The maximum absolute atomic E-state index is 12.0. The van der Waals surface area contributed by atoms with Gasteiger partial charge in [0.2, 0.25) is 5.91 Å². The largest absolute Gasteiger partial charge is 0.323 e. The lowest BCUT2D eigenvalue weighted by atomic mass is 9.84. The maximum atomic E-state index is 12.0. The summed E-state index contributed by atoms with van der Waals surface area (Å²) in [6, 6.07) is 0.425. The van der Waals surface area contributed by atoms with E-state index in [1.165, 1.54) is 32.1 Å². The maximum Gasteiger partial charge on any atom is 0.238 e. The van der Waals surface area contributed by atoms with E-state index >= 15 is 0 Å². The first-order chi connectivity index (χ1) is 8.24. The monoisotopic (exact) mass is 238 g/mol. The summed E-state index contributed by atoms with van der Waals surface area (Å²) in [5.74, 6) is 1.04. The van der Waals surface area contributed by atoms with Crippen LogP contribution in [0.25, 0.3) is 0 Å². The average Bonchev–Trinajstić information content (AvgIpc) is 2.71. The Labute approximate surface area is 105 Å². The summed E-state index contributed by atoms with van der Waals surface area (Å²) in [5, 5.41) is 3.35. The van der Waals surface area contributed by atoms with Gasteiger partial charge in [0.25, 0.3) is 0 Å². The minimum Gasteiger partial charge on any atom is -0.323 e. The molecule has 0 aromatic rings. The van der Waals surface area contributed by atoms with E-state index in [0.29, 0.717) is 24.7 Å². The van der Waals surface area contributed by atoms with Crippen molar-refractivity contribution in [2.45, 2.75) is 71.0 Å². The minimum atomic E-state index is 0.296. The van der Waals surface area contributed by atoms with Gasteiger partial charge >= 0.3 is 0 Å². The van der Waals surface area contributed by atoms with Gasteiger partial charge in [0.05, 0.1) is 12.7 Å². The van der Waals surface area contributed by atoms with Gasteiger partial charge in [-0.05, 0) is 32.1 Å². The summed E-state index contributed by atoms with van der Waals surface area (Å²) >= 11 is 0. The molecule has 2 rings (SSSR count). The number of hydrogen-bond donors (Lipinski definition) is 1. The summed E-state index contributed by atoms with van der Waals surface area (Å²) in [4.78, 5) is 14.1. The van der Waals surface area contributed by atoms with E-state index in [1.54, 1.807) is 0 Å². The first-order valence-corrected chi connectivity index (χ1v) is 7.28. The zero-order valence-electron chi connectivity index (χ0n) is 11.2. The number of amides is 1. The SMILES string of the molecule is CCCC1NCC(=O)N1C(C)C1CCCCC1. The van der Waals surface area contributed by atoms with E-state index in [-0.39, 0.29) is 0 Å². The number of nitrogens with zero attached hydrogens (tertiary/aromatic N) is 1. The molecule has 17 heavy (non-hydrogen) atoms. The standard InChI is InChI=1S/C14H26N2O/c1-3-7-13-15-10-14(17)16(13)11(2)12-8-5-4-6-9-12/h11-13,15H,3-10H2,1-2H3. The molecule has 1 saturated heterocycles. The number of carbonyl (C=O) groups excluding carboxylic acids is 1. The van der Waals surface area contributed by atoms with E-state index in [0.717, 1.165) is 18.8 Å². The molecule has 1 aliphatic carbocycles. The smallest absolute Gasteiger partial charge is 0.238 e. The molecule has 0 aromatic heterocycles. The zero-order valence-corrected chi connectivity index (χ0v) is 11.2. The molecular formula is C14H26N2O. The summed E-state index contributed by atoms with van der Waals surface area (Å²) in [7, 11) is 0. The van der Waals surface area contributed by atoms with Crippen LogP contribution in [0, 0.1) is 5.92 Å². The Morgan fingerprint density at radius 1 is 1.35 bits per heavy atom. The van der Waals surface area contributed by atoms with Crippen molar-refractivity contribution in [2.75, 3.05) is 6.54 Å². The second-order valence-electron chi connectivity index (χ2n) is 5.63. The van der Waals surface area contributed by atoms with Gasteiger partial charge in [0, 0.05) is 6.04 Å². The molecule has 98 valence electrons. The molecule has 2 aliphatic rings. The molecule has 2 atom stereocenters. The zero-order chi connectivity index (χ0) is 12.3. The molecule has 3 nitrogen and oxygen atoms in total. The van der Waals surface area contributed by atoms with Crippen molar-refractivity contribution in [3.63, 3.8) is 0 Å². The number of carbonyl (C=O) groups is 1. The molecular weight excluding hydrogens is 212 g/mol. The summed E-state index contributed by atoms with van der Waals surface area (Å²) in [5.41, 5.74) is 0. The molecule has 1 amide bonds. The molecule has 3 heteroatoms. The van der Waals surface area contributed by atoms with Gasteiger partial charge in [0.1, 0.15) is 0 Å². The predicted molar refractivity (Wildman–Crippen MR) is 69.6 cm³/mol. The number of rotatable bonds is 4. The quantitative estimate of drug-likeness (QED) is 0.816. The summed E-state index contributed by atoms with van der Waals surface area (Å²) < 4.78 is 0. The van der Waals surface area contributed by atoms with E-state index in [2.05, 4.69) is 24.1 Å². The Morgan fingerprint density at radius 3 is 2.71 bits per heavy atom. The van der Waals surface area contributed by atoms with Crippen molar-refractivity contribution in [1.29, 1.82) is 0 Å². The molecule has 2 fully saturated rings. The summed E-state index contributed by atoms with van der Waals surface area (Å²) in [6.45, 7) is 4.99. The normalized spacial score (nSPS) is 28.7. The molecule has 0 aromatic carbocycles. The highest BCUT2D eigenvalue weighted by atomic mass is 16.2. The van der Waals surface area contributed by atoms with Crippen molar-refractivity contribution in [2.24, 2.45) is 5.92 Å². The van der Waals surface area contributed by atoms with Gasteiger partial charge in [-0.15, -0.1) is 0 Å². The Kier molecular flexibility index (Phi) is 4.43. The third kappa shape index (κ3) is 2.82. The fourth-order valence-electron chi connectivity index (χ4n) is 3.44. The second kappa shape index (κ2) is 5.85. The van der Waals surface area contributed by atoms with Gasteiger partial charge < -0.3 is 4.90 Å². The third-order valence-electron chi connectivity index (χ3n) is 4.45. The topological polar surface area (TPSA) is 32.3 Å². The van der Waals surface area contributed by atoms with Gasteiger partial charge in [-0.2, -0.15) is 0 Å². The van der Waals surface area contributed by atoms with Crippen LogP contribution in [0.2, 0.25) is 0 Å². The van der Waals surface area contributed by atoms with E-state index < -0.39 is 0 Å². The molecule has 0 spiro atoms. The lowest BCUT2D eigenvalue weighted by Crippen LogP contribution is -2.47. The summed E-state index contributed by atoms with van der Waals surface area (Å²) in [6.07, 6.45) is 9.22. The first kappa shape index (κ1) is 12.9. The fourth-order valence-corrected chi connectivity index (χ4v) is 3.44. The second-order valence-corrected chi connectivity index (χ2v) is 5.63. The van der Waals surface area contributed by atoms with Crippen LogP contribution < -0.4 is 5.32 Å². The van der Waals surface area contributed by atoms with Crippen LogP contribution >= 0.6 is 0 Å². The van der Waals surface area contributed by atoms with Crippen molar-refractivity contribution < 1.29 is 4.79 Å². The number of hydrogen-bond acceptors (Lipinski definition) is 2. The average molecular weight is 238 g/mol. The Bertz CT molecular complexity index is 261. The molecule has 2 unspecified atom stereocenters. The highest BCUT2D eigenvalue weighted by molar-refractivity contribution is 5.81. The lowest BCUT2D eigenvalue weighted by Gasteiger charge is -2.37. The van der Waals surface area contributed by atoms with Crippen LogP contribution in [0.4, 0.5) is 0 Å². The fraction of sp³-hybridized carbons (Fsp3) is 0.929. The molecule has 1 heterocycles. The predicted octanol–water partition coefficient (Wildman–Crippen LogP) is 2.51. The van der Waals surface area contributed by atoms with Crippen LogP contribution in [0.1, 0.15) is 58.8 Å². The van der Waals surface area contributed by atoms with Gasteiger partial charge in [-0.3, -0.25) is 10.1 Å². The van der Waals surface area contributed by atoms with Crippen LogP contribution in [-0.4, -0.2) is 29.6 Å². The Hall–Kier alpha value is -0.570. The van der Waals surface area contributed by atoms with E-state index in [9.17, 15) is 4.79 Å². The van der Waals surface area contributed by atoms with Crippen molar-refractivity contribution >= 4 is 5.91 Å². The molecule has 0 radical (unpaired) electrons. The van der Waals surface area contributed by atoms with E-state index in [1.807, 2.05) is 0 Å². The molecule has 1 N–H and O–H groups in total. The van der Waals surface area contributed by atoms with Crippen molar-refractivity contribution in [3.8, 4) is 0 Å². The molecule has 1 saturated carbocycles. The van der Waals surface area contributed by atoms with Crippen molar-refractivity contribution in [3.05, 3.63) is 0 Å². The van der Waals surface area contributed by atoms with Crippen molar-refractivity contribution in [1.82, 2.24) is 10.2 Å². The van der Waals surface area contributed by atoms with E-state index in [4.69, 9.17) is 0 Å². The highest BCUT2D eigenvalue weighted by Gasteiger charge is 2.36. The Morgan fingerprint density at radius 2 is 2.06 bits per heavy atom. The molecule has 1 aliphatic heterocycles. The van der Waals surface area contributed by atoms with Crippen LogP contribution in [0.3, 0.4) is 0 Å². The van der Waals surface area contributed by atoms with Gasteiger partial charge in [-0.1, -0.05) is 32.6 Å². The van der Waals surface area contributed by atoms with Gasteiger partial charge in [-0.25, -0.2) is 0 Å². The minimum absolute atomic E-state index is 0.296. The lowest BCUT2D eigenvalue weighted by molar-refractivity contribution is -0.131. The van der Waals surface area contributed by atoms with Gasteiger partial charge in [0.15, 0.2) is 0 Å².